The van der Waals surface area contributed by atoms with Gasteiger partial charge in [0, 0.05) is 20.3 Å². The molecular formula is C14H14ClN3O6S. The number of aromatic nitrogens is 2. The molecular weight excluding hydrogens is 374 g/mol. The topological polar surface area (TPSA) is 130 Å². The van der Waals surface area contributed by atoms with E-state index in [0.717, 1.165) is 10.5 Å². The van der Waals surface area contributed by atoms with Gasteiger partial charge in [-0.25, -0.2) is 22.5 Å². The van der Waals surface area contributed by atoms with Gasteiger partial charge in [-0.15, -0.1) is 0 Å². The maximum absolute atomic E-state index is 12.0. The number of ether oxygens (including phenoxy) is 1. The quantitative estimate of drug-likeness (QED) is 0.754. The molecule has 0 aliphatic carbocycles. The third-order valence-corrected chi connectivity index (χ3v) is 5.24. The molecule has 2 N–H and O–H groups in total. The van der Waals surface area contributed by atoms with Gasteiger partial charge in [-0.2, -0.15) is 0 Å². The van der Waals surface area contributed by atoms with E-state index in [9.17, 15) is 18.0 Å². The maximum Gasteiger partial charge on any atom is 0.342 e. The molecule has 0 aliphatic heterocycles. The predicted molar refractivity (Wildman–Crippen MR) is 88.5 cm³/mol. The second-order valence-electron chi connectivity index (χ2n) is 5.05. The number of hydrogen-bond acceptors (Lipinski definition) is 6. The lowest BCUT2D eigenvalue weighted by molar-refractivity contribution is 0.0694. The summed E-state index contributed by atoms with van der Waals surface area (Å²) in [5.41, 5.74) is -1.29. The second kappa shape index (κ2) is 7.21. The lowest BCUT2D eigenvalue weighted by Gasteiger charge is -2.13. The molecule has 0 radical (unpaired) electrons. The summed E-state index contributed by atoms with van der Waals surface area (Å²) in [5.74, 6) is -1.11. The Morgan fingerprint density at radius 3 is 2.60 bits per heavy atom. The summed E-state index contributed by atoms with van der Waals surface area (Å²) in [6.07, 6.45) is 0.925. The predicted octanol–water partition coefficient (Wildman–Crippen LogP) is 0.951. The Balaban J connectivity index is 2.18. The van der Waals surface area contributed by atoms with E-state index in [0.29, 0.717) is 0 Å². The number of carbonyl (C=O) groups is 1. The Labute approximate surface area is 147 Å². The third-order valence-electron chi connectivity index (χ3n) is 3.13. The number of carboxylic acids is 1. The molecule has 1 aromatic carbocycles. The molecule has 1 aromatic heterocycles. The van der Waals surface area contributed by atoms with Gasteiger partial charge in [-0.05, 0) is 18.2 Å². The molecule has 0 spiro atoms. The number of hydrogen-bond donors (Lipinski definition) is 2. The van der Waals surface area contributed by atoms with Crippen molar-refractivity contribution in [2.24, 2.45) is 0 Å². The number of benzene rings is 1. The van der Waals surface area contributed by atoms with Crippen LogP contribution in [0.4, 0.5) is 0 Å². The Bertz CT molecular complexity index is 971. The Morgan fingerprint density at radius 2 is 2.08 bits per heavy atom. The average Bonchev–Trinajstić information content (AvgIpc) is 2.53. The first kappa shape index (κ1) is 18.9. The number of H-pyrrole nitrogens is 1. The highest BCUT2D eigenvalue weighted by atomic mass is 35.5. The van der Waals surface area contributed by atoms with Gasteiger partial charge in [0.15, 0.2) is 0 Å². The first-order valence-corrected chi connectivity index (χ1v) is 8.61. The molecule has 2 rings (SSSR count). The van der Waals surface area contributed by atoms with Crippen molar-refractivity contribution in [2.45, 2.75) is 11.5 Å². The van der Waals surface area contributed by atoms with Crippen LogP contribution in [0.1, 0.15) is 16.2 Å². The van der Waals surface area contributed by atoms with E-state index in [4.69, 9.17) is 21.4 Å². The van der Waals surface area contributed by atoms with Crippen molar-refractivity contribution in [1.29, 1.82) is 0 Å². The summed E-state index contributed by atoms with van der Waals surface area (Å²) in [4.78, 5) is 28.4. The summed E-state index contributed by atoms with van der Waals surface area (Å²) in [7, 11) is -0.825. The van der Waals surface area contributed by atoms with Crippen LogP contribution in [0.2, 0.25) is 5.02 Å². The number of aromatic carboxylic acids is 1. The molecule has 0 unspecified atom stereocenters. The van der Waals surface area contributed by atoms with Crippen LogP contribution in [0.15, 0.2) is 34.1 Å². The molecule has 11 heteroatoms. The molecule has 1 heterocycles. The maximum atomic E-state index is 12.0. The number of halogens is 1. The van der Waals surface area contributed by atoms with Crippen molar-refractivity contribution >= 4 is 27.6 Å². The zero-order valence-corrected chi connectivity index (χ0v) is 14.8. The van der Waals surface area contributed by atoms with Gasteiger partial charge in [-0.1, -0.05) is 11.6 Å². The minimum Gasteiger partial charge on any atom is -0.484 e. The van der Waals surface area contributed by atoms with E-state index in [1.54, 1.807) is 0 Å². The summed E-state index contributed by atoms with van der Waals surface area (Å²) < 4.78 is 30.5. The van der Waals surface area contributed by atoms with Gasteiger partial charge >= 0.3 is 5.97 Å². The van der Waals surface area contributed by atoms with Crippen LogP contribution < -0.4 is 10.3 Å². The van der Waals surface area contributed by atoms with Crippen LogP contribution >= 0.6 is 11.6 Å². The highest BCUT2D eigenvalue weighted by Gasteiger charge is 2.19. The summed E-state index contributed by atoms with van der Waals surface area (Å²) in [6, 6.07) is 3.96. The fourth-order valence-electron chi connectivity index (χ4n) is 1.77. The molecule has 0 fully saturated rings. The number of nitrogens with one attached hydrogen (secondary N) is 1. The van der Waals surface area contributed by atoms with Crippen LogP contribution in [-0.4, -0.2) is 47.9 Å². The lowest BCUT2D eigenvalue weighted by Crippen LogP contribution is -2.22. The lowest BCUT2D eigenvalue weighted by atomic mass is 10.3. The molecule has 25 heavy (non-hydrogen) atoms. The Kier molecular flexibility index (Phi) is 5.45. The number of nitrogens with zero attached hydrogens (tertiary/aromatic N) is 2. The zero-order chi connectivity index (χ0) is 18.8. The van der Waals surface area contributed by atoms with Crippen molar-refractivity contribution in [1.82, 2.24) is 14.3 Å². The highest BCUT2D eigenvalue weighted by molar-refractivity contribution is 7.89. The zero-order valence-electron chi connectivity index (χ0n) is 13.2. The second-order valence-corrected chi connectivity index (χ2v) is 7.61. The molecule has 9 nitrogen and oxygen atoms in total. The largest absolute Gasteiger partial charge is 0.484 e. The highest BCUT2D eigenvalue weighted by Crippen LogP contribution is 2.28. The minimum absolute atomic E-state index is 0.00666. The summed E-state index contributed by atoms with van der Waals surface area (Å²) in [6.45, 7) is -0.186. The monoisotopic (exact) mass is 387 g/mol. The van der Waals surface area contributed by atoms with Crippen molar-refractivity contribution < 1.29 is 23.1 Å². The van der Waals surface area contributed by atoms with Crippen LogP contribution in [0.3, 0.4) is 0 Å². The van der Waals surface area contributed by atoms with E-state index in [1.807, 2.05) is 0 Å². The molecule has 0 atom stereocenters. The van der Waals surface area contributed by atoms with E-state index < -0.39 is 27.1 Å². The van der Waals surface area contributed by atoms with Gasteiger partial charge in [0.25, 0.3) is 5.56 Å². The minimum atomic E-state index is -3.62. The van der Waals surface area contributed by atoms with Crippen LogP contribution in [-0.2, 0) is 16.6 Å². The molecule has 0 amide bonds. The fourth-order valence-corrected chi connectivity index (χ4v) is 3.00. The van der Waals surface area contributed by atoms with Crippen LogP contribution in [0, 0.1) is 0 Å². The van der Waals surface area contributed by atoms with Crippen molar-refractivity contribution in [3.63, 3.8) is 0 Å². The Morgan fingerprint density at radius 1 is 1.40 bits per heavy atom. The molecule has 0 aliphatic rings. The number of rotatable bonds is 6. The smallest absolute Gasteiger partial charge is 0.342 e. The molecule has 0 bridgehead atoms. The van der Waals surface area contributed by atoms with Gasteiger partial charge < -0.3 is 14.8 Å². The summed E-state index contributed by atoms with van der Waals surface area (Å²) in [5, 5.41) is 8.83. The normalized spacial score (nSPS) is 11.5. The molecule has 134 valence electrons. The number of carboxylic acid groups (broad SMARTS) is 1. The number of sulfonamides is 1. The van der Waals surface area contributed by atoms with Crippen LogP contribution in [0.5, 0.6) is 5.75 Å². The van der Waals surface area contributed by atoms with Crippen molar-refractivity contribution in [3.05, 3.63) is 51.2 Å². The van der Waals surface area contributed by atoms with Gasteiger partial charge in [0.05, 0.1) is 9.92 Å². The van der Waals surface area contributed by atoms with Crippen molar-refractivity contribution in [2.75, 3.05) is 14.1 Å². The SMILES string of the molecule is CN(C)S(=O)(=O)c1ccc(OCc2ncc(C(=O)O)c(=O)[nH]2)c(Cl)c1. The third kappa shape index (κ3) is 4.16. The fraction of sp³-hybridized carbons (Fsp3) is 0.214. The van der Waals surface area contributed by atoms with Gasteiger partial charge in [0.1, 0.15) is 23.7 Å². The average molecular weight is 388 g/mol. The molecule has 2 aromatic rings. The first-order chi connectivity index (χ1) is 11.6. The van der Waals surface area contributed by atoms with E-state index in [2.05, 4.69) is 9.97 Å². The number of aromatic amines is 1. The van der Waals surface area contributed by atoms with Crippen LogP contribution in [0.25, 0.3) is 0 Å². The van der Waals surface area contributed by atoms with E-state index >= 15 is 0 Å². The first-order valence-electron chi connectivity index (χ1n) is 6.79. The van der Waals surface area contributed by atoms with E-state index in [1.165, 1.54) is 32.3 Å². The van der Waals surface area contributed by atoms with Gasteiger partial charge in [0.2, 0.25) is 10.0 Å². The van der Waals surface area contributed by atoms with Crippen molar-refractivity contribution in [3.8, 4) is 5.75 Å². The molecule has 0 saturated heterocycles. The van der Waals surface area contributed by atoms with Gasteiger partial charge in [-0.3, -0.25) is 4.79 Å². The Hall–Kier alpha value is -2.43. The molecule has 0 saturated carbocycles. The summed E-state index contributed by atoms with van der Waals surface area (Å²) >= 11 is 6.03. The van der Waals surface area contributed by atoms with E-state index in [-0.39, 0.29) is 28.1 Å². The standard InChI is InChI=1S/C14H14ClN3O6S/c1-18(2)25(22,23)8-3-4-11(10(15)5-8)24-7-12-16-6-9(14(20)21)13(19)17-12/h3-6H,7H2,1-2H3,(H,20,21)(H,16,17,19).